The number of halogens is 2. The van der Waals surface area contributed by atoms with Crippen molar-refractivity contribution < 1.29 is 23.8 Å². The number of carboxylic acid groups (broad SMARTS) is 1. The number of nitrogens with one attached hydrogen (secondary N) is 2. The number of carbonyl (C=O) groups excluding carboxylic acids is 1. The van der Waals surface area contributed by atoms with E-state index in [1.54, 1.807) is 0 Å². The van der Waals surface area contributed by atoms with Gasteiger partial charge in [-0.3, -0.25) is 0 Å². The number of aliphatic carboxylic acids is 1. The molecule has 0 heterocycles. The van der Waals surface area contributed by atoms with E-state index >= 15 is 0 Å². The summed E-state index contributed by atoms with van der Waals surface area (Å²) in [5.74, 6) is -1.58. The number of amides is 2. The van der Waals surface area contributed by atoms with Gasteiger partial charge in [0.05, 0.1) is 17.3 Å². The van der Waals surface area contributed by atoms with Crippen molar-refractivity contribution in [3.63, 3.8) is 0 Å². The maximum Gasteiger partial charge on any atom is 0.329 e. The van der Waals surface area contributed by atoms with Gasteiger partial charge in [0, 0.05) is 6.54 Å². The second-order valence-electron chi connectivity index (χ2n) is 3.45. The number of benzene rings is 1. The first-order chi connectivity index (χ1) is 8.99. The van der Waals surface area contributed by atoms with Crippen molar-refractivity contribution in [2.45, 2.75) is 0 Å². The van der Waals surface area contributed by atoms with Crippen molar-refractivity contribution in [3.05, 3.63) is 29.0 Å². The predicted molar refractivity (Wildman–Crippen MR) is 66.9 cm³/mol. The van der Waals surface area contributed by atoms with Crippen LogP contribution in [0.3, 0.4) is 0 Å². The van der Waals surface area contributed by atoms with E-state index < -0.39 is 24.4 Å². The first-order valence-corrected chi connectivity index (χ1v) is 5.66. The van der Waals surface area contributed by atoms with Crippen LogP contribution in [0.25, 0.3) is 0 Å². The molecule has 0 aliphatic carbocycles. The van der Waals surface area contributed by atoms with Crippen LogP contribution in [0.2, 0.25) is 5.02 Å². The standard InChI is InChI=1S/C11H12ClFN2O4/c12-8-5-7(13)1-2-9(8)15-11(18)14-3-4-19-6-10(16)17/h1-2,5H,3-4,6H2,(H,16,17)(H2,14,15,18). The average molecular weight is 291 g/mol. The van der Waals surface area contributed by atoms with Crippen molar-refractivity contribution >= 4 is 29.3 Å². The molecule has 0 spiro atoms. The summed E-state index contributed by atoms with van der Waals surface area (Å²) in [5, 5.41) is 13.2. The van der Waals surface area contributed by atoms with E-state index in [2.05, 4.69) is 10.6 Å². The van der Waals surface area contributed by atoms with Gasteiger partial charge < -0.3 is 20.5 Å². The van der Waals surface area contributed by atoms with Crippen molar-refractivity contribution in [1.82, 2.24) is 5.32 Å². The van der Waals surface area contributed by atoms with Gasteiger partial charge >= 0.3 is 12.0 Å². The van der Waals surface area contributed by atoms with Crippen LogP contribution >= 0.6 is 11.6 Å². The van der Waals surface area contributed by atoms with Crippen LogP contribution in [0.1, 0.15) is 0 Å². The average Bonchev–Trinajstić information content (AvgIpc) is 2.32. The highest BCUT2D eigenvalue weighted by molar-refractivity contribution is 6.33. The number of hydrogen-bond donors (Lipinski definition) is 3. The number of carbonyl (C=O) groups is 2. The summed E-state index contributed by atoms with van der Waals surface area (Å²) in [5.41, 5.74) is 0.270. The van der Waals surface area contributed by atoms with Crippen molar-refractivity contribution in [2.24, 2.45) is 0 Å². The molecule has 19 heavy (non-hydrogen) atoms. The Hall–Kier alpha value is -1.86. The lowest BCUT2D eigenvalue weighted by atomic mass is 10.3. The first kappa shape index (κ1) is 15.2. The molecular formula is C11H12ClFN2O4. The minimum atomic E-state index is -1.08. The lowest BCUT2D eigenvalue weighted by molar-refractivity contribution is -0.142. The normalized spacial score (nSPS) is 10.0. The molecule has 104 valence electrons. The monoisotopic (exact) mass is 290 g/mol. The van der Waals surface area contributed by atoms with Crippen molar-refractivity contribution in [1.29, 1.82) is 0 Å². The first-order valence-electron chi connectivity index (χ1n) is 5.28. The van der Waals surface area contributed by atoms with Gasteiger partial charge in [0.15, 0.2) is 0 Å². The largest absolute Gasteiger partial charge is 0.480 e. The quantitative estimate of drug-likeness (QED) is 0.696. The van der Waals surface area contributed by atoms with Crippen LogP contribution in [0.4, 0.5) is 14.9 Å². The molecule has 0 atom stereocenters. The zero-order chi connectivity index (χ0) is 14.3. The van der Waals surface area contributed by atoms with Crippen LogP contribution in [0.5, 0.6) is 0 Å². The number of rotatable bonds is 6. The third kappa shape index (κ3) is 6.03. The molecule has 0 aromatic heterocycles. The van der Waals surface area contributed by atoms with E-state index in [1.807, 2.05) is 0 Å². The highest BCUT2D eigenvalue weighted by Crippen LogP contribution is 2.21. The molecule has 0 aliphatic heterocycles. The van der Waals surface area contributed by atoms with Crippen molar-refractivity contribution in [2.75, 3.05) is 25.1 Å². The number of anilines is 1. The van der Waals surface area contributed by atoms with E-state index in [-0.39, 0.29) is 23.9 Å². The maximum atomic E-state index is 12.8. The SMILES string of the molecule is O=C(O)COCCNC(=O)Nc1ccc(F)cc1Cl. The highest BCUT2D eigenvalue weighted by atomic mass is 35.5. The van der Waals surface area contributed by atoms with Crippen LogP contribution in [-0.4, -0.2) is 36.9 Å². The smallest absolute Gasteiger partial charge is 0.329 e. The summed E-state index contributed by atoms with van der Waals surface area (Å²) in [7, 11) is 0. The maximum absolute atomic E-state index is 12.8. The number of urea groups is 1. The minimum Gasteiger partial charge on any atom is -0.480 e. The second-order valence-corrected chi connectivity index (χ2v) is 3.86. The molecule has 2 amide bonds. The minimum absolute atomic E-state index is 0.0663. The topological polar surface area (TPSA) is 87.7 Å². The van der Waals surface area contributed by atoms with Crippen LogP contribution in [-0.2, 0) is 9.53 Å². The molecule has 0 saturated heterocycles. The van der Waals surface area contributed by atoms with Gasteiger partial charge in [0.2, 0.25) is 0 Å². The Morgan fingerprint density at radius 1 is 1.42 bits per heavy atom. The molecule has 1 aromatic carbocycles. The van der Waals surface area contributed by atoms with Gasteiger partial charge in [-0.25, -0.2) is 14.0 Å². The molecular weight excluding hydrogens is 279 g/mol. The summed E-state index contributed by atoms with van der Waals surface area (Å²) in [6, 6.07) is 3.02. The lowest BCUT2D eigenvalue weighted by Gasteiger charge is -2.08. The Balaban J connectivity index is 2.29. The van der Waals surface area contributed by atoms with Gasteiger partial charge in [-0.2, -0.15) is 0 Å². The predicted octanol–water partition coefficient (Wildman–Crippen LogP) is 1.70. The second kappa shape index (κ2) is 7.55. The molecule has 0 unspecified atom stereocenters. The fourth-order valence-electron chi connectivity index (χ4n) is 1.15. The molecule has 0 aliphatic rings. The lowest BCUT2D eigenvalue weighted by Crippen LogP contribution is -2.32. The summed E-state index contributed by atoms with van der Waals surface area (Å²) in [6.45, 7) is -0.220. The molecule has 0 saturated carbocycles. The van der Waals surface area contributed by atoms with Gasteiger partial charge in [0.25, 0.3) is 0 Å². The van der Waals surface area contributed by atoms with Crippen molar-refractivity contribution in [3.8, 4) is 0 Å². The fourth-order valence-corrected chi connectivity index (χ4v) is 1.37. The molecule has 0 radical (unpaired) electrons. The van der Waals surface area contributed by atoms with E-state index in [4.69, 9.17) is 21.4 Å². The number of hydrogen-bond acceptors (Lipinski definition) is 3. The highest BCUT2D eigenvalue weighted by Gasteiger charge is 2.06. The van der Waals surface area contributed by atoms with E-state index in [9.17, 15) is 14.0 Å². The van der Waals surface area contributed by atoms with Crippen LogP contribution in [0, 0.1) is 5.82 Å². The van der Waals surface area contributed by atoms with E-state index in [0.717, 1.165) is 12.1 Å². The van der Waals surface area contributed by atoms with Crippen LogP contribution in [0.15, 0.2) is 18.2 Å². The summed E-state index contributed by atoms with van der Waals surface area (Å²) in [6.07, 6.45) is 0. The third-order valence-electron chi connectivity index (χ3n) is 1.94. The summed E-state index contributed by atoms with van der Waals surface area (Å²) < 4.78 is 17.5. The fraction of sp³-hybridized carbons (Fsp3) is 0.273. The third-order valence-corrected chi connectivity index (χ3v) is 2.25. The Bertz CT molecular complexity index is 470. The van der Waals surface area contributed by atoms with Gasteiger partial charge in [-0.05, 0) is 18.2 Å². The van der Waals surface area contributed by atoms with Gasteiger partial charge in [-0.1, -0.05) is 11.6 Å². The zero-order valence-electron chi connectivity index (χ0n) is 9.78. The molecule has 1 rings (SSSR count). The molecule has 1 aromatic rings. The molecule has 0 fully saturated rings. The van der Waals surface area contributed by atoms with Crippen LogP contribution < -0.4 is 10.6 Å². The molecule has 3 N–H and O–H groups in total. The van der Waals surface area contributed by atoms with E-state index in [0.29, 0.717) is 0 Å². The Morgan fingerprint density at radius 2 is 2.16 bits per heavy atom. The molecule has 6 nitrogen and oxygen atoms in total. The molecule has 8 heteroatoms. The Morgan fingerprint density at radius 3 is 2.79 bits per heavy atom. The molecule has 0 bridgehead atoms. The Kier molecular flexibility index (Phi) is 6.04. The Labute approximate surface area is 113 Å². The van der Waals surface area contributed by atoms with E-state index in [1.165, 1.54) is 6.07 Å². The zero-order valence-corrected chi connectivity index (χ0v) is 10.5. The van der Waals surface area contributed by atoms with Gasteiger partial charge in [0.1, 0.15) is 12.4 Å². The number of ether oxygens (including phenoxy) is 1. The summed E-state index contributed by atoms with van der Waals surface area (Å²) >= 11 is 5.72. The van der Waals surface area contributed by atoms with Gasteiger partial charge in [-0.15, -0.1) is 0 Å². The summed E-state index contributed by atoms with van der Waals surface area (Å²) in [4.78, 5) is 21.5. The number of carboxylic acids is 1.